The SMILES string of the molecule is C=O.CCCC(CO)CN(NCc1cc2cnccc2[nH]1)C(=O)Cc1ccc2c(c1)Oc1ccccc1S2.NC=O. The Hall–Kier alpha value is -4.19. The second-order valence-electron chi connectivity index (χ2n) is 9.18. The fourth-order valence-electron chi connectivity index (χ4n) is 4.42. The van der Waals surface area contributed by atoms with Crippen LogP contribution < -0.4 is 15.9 Å². The van der Waals surface area contributed by atoms with Crippen molar-refractivity contribution < 1.29 is 24.2 Å². The maximum absolute atomic E-state index is 13.4. The number of fused-ring (bicyclic) bond motifs is 3. The molecule has 0 fully saturated rings. The van der Waals surface area contributed by atoms with E-state index in [-0.39, 0.29) is 31.3 Å². The number of ether oxygens (including phenoxy) is 1. The third kappa shape index (κ3) is 8.65. The van der Waals surface area contributed by atoms with Crippen LogP contribution >= 0.6 is 11.8 Å². The predicted molar refractivity (Wildman–Crippen MR) is 158 cm³/mol. The quantitative estimate of drug-likeness (QED) is 0.142. The van der Waals surface area contributed by atoms with Gasteiger partial charge in [0, 0.05) is 48.1 Å². The molecule has 1 aliphatic rings. The molecule has 216 valence electrons. The van der Waals surface area contributed by atoms with Gasteiger partial charge in [0.1, 0.15) is 18.3 Å². The fraction of sp³-hybridized carbons (Fsp3) is 0.267. The highest BCUT2D eigenvalue weighted by atomic mass is 32.2. The number of hydrazine groups is 1. The largest absolute Gasteiger partial charge is 0.455 e. The summed E-state index contributed by atoms with van der Waals surface area (Å²) in [5, 5.41) is 12.6. The first-order chi connectivity index (χ1) is 20.0. The van der Waals surface area contributed by atoms with E-state index < -0.39 is 0 Å². The molecule has 10 nitrogen and oxygen atoms in total. The standard InChI is InChI=1S/C28H30N4O3S.CH3NO.CH2O/c1-2-5-20(18-33)17-32(30-16-22-14-21-15-29-11-10-23(21)31-22)28(34)13-19-8-9-27-25(12-19)35-24-6-3-4-7-26(24)36-27;2-1-3;1-2/h3-4,6-12,14-15,20,30-31,33H,2,5,13,16-18H2,1H3;1H,(H2,2,3);1H2. The van der Waals surface area contributed by atoms with E-state index in [1.54, 1.807) is 23.0 Å². The first-order valence-electron chi connectivity index (χ1n) is 13.1. The average Bonchev–Trinajstić information content (AvgIpc) is 3.42. The van der Waals surface area contributed by atoms with Gasteiger partial charge >= 0.3 is 0 Å². The van der Waals surface area contributed by atoms with Gasteiger partial charge in [-0.3, -0.25) is 19.6 Å². The number of H-pyrrole nitrogens is 1. The van der Waals surface area contributed by atoms with Crippen LogP contribution in [0.1, 0.15) is 31.0 Å². The van der Waals surface area contributed by atoms with Crippen molar-refractivity contribution in [1.29, 1.82) is 0 Å². The molecule has 11 heteroatoms. The van der Waals surface area contributed by atoms with E-state index in [0.717, 1.165) is 56.3 Å². The number of aromatic amines is 1. The topological polar surface area (TPSA) is 151 Å². The molecule has 1 atom stereocenters. The minimum Gasteiger partial charge on any atom is -0.455 e. The van der Waals surface area contributed by atoms with Crippen molar-refractivity contribution in [3.05, 3.63) is 78.2 Å². The van der Waals surface area contributed by atoms with Crippen LogP contribution in [0.15, 0.2) is 76.8 Å². The number of aliphatic hydroxyl groups excluding tert-OH is 1. The number of pyridine rings is 1. The molecule has 3 heterocycles. The molecule has 1 aliphatic heterocycles. The highest BCUT2D eigenvalue weighted by Gasteiger charge is 2.22. The Morgan fingerprint density at radius 2 is 1.95 bits per heavy atom. The summed E-state index contributed by atoms with van der Waals surface area (Å²) in [6.45, 7) is 5.03. The van der Waals surface area contributed by atoms with E-state index in [1.807, 2.05) is 67.6 Å². The number of hydrogen-bond acceptors (Lipinski definition) is 8. The molecular formula is C30H35N5O5S. The van der Waals surface area contributed by atoms with Crippen molar-refractivity contribution in [2.75, 3.05) is 13.2 Å². The van der Waals surface area contributed by atoms with Crippen LogP contribution in [-0.4, -0.2) is 52.3 Å². The van der Waals surface area contributed by atoms with Gasteiger partial charge < -0.3 is 25.4 Å². The van der Waals surface area contributed by atoms with Gasteiger partial charge in [0.15, 0.2) is 0 Å². The monoisotopic (exact) mass is 577 g/mol. The van der Waals surface area contributed by atoms with Gasteiger partial charge in [-0.2, -0.15) is 0 Å². The molecule has 0 bridgehead atoms. The zero-order valence-corrected chi connectivity index (χ0v) is 23.7. The number of carbonyl (C=O) groups is 3. The number of nitrogens with zero attached hydrogens (tertiary/aromatic N) is 2. The summed E-state index contributed by atoms with van der Waals surface area (Å²) in [6.07, 6.45) is 5.85. The normalized spacial score (nSPS) is 11.9. The molecule has 0 saturated heterocycles. The number of aliphatic hydroxyl groups is 1. The summed E-state index contributed by atoms with van der Waals surface area (Å²) in [6, 6.07) is 17.9. The molecule has 2 amide bonds. The van der Waals surface area contributed by atoms with Crippen molar-refractivity contribution in [3.63, 3.8) is 0 Å². The Kier molecular flexibility index (Phi) is 12.4. The number of carbonyl (C=O) groups excluding carboxylic acids is 3. The molecule has 0 radical (unpaired) electrons. The summed E-state index contributed by atoms with van der Waals surface area (Å²) in [5.74, 6) is 1.57. The van der Waals surface area contributed by atoms with Gasteiger partial charge in [-0.15, -0.1) is 0 Å². The fourth-order valence-corrected chi connectivity index (χ4v) is 5.35. The molecule has 2 aromatic heterocycles. The summed E-state index contributed by atoms with van der Waals surface area (Å²) >= 11 is 1.67. The van der Waals surface area contributed by atoms with E-state index in [4.69, 9.17) is 14.3 Å². The Balaban J connectivity index is 0.000000868. The third-order valence-electron chi connectivity index (χ3n) is 6.29. The molecule has 2 aromatic carbocycles. The number of nitrogens with two attached hydrogens (primary N) is 1. The molecule has 0 aliphatic carbocycles. The number of primary amides is 1. The molecule has 5 N–H and O–H groups in total. The zero-order chi connectivity index (χ0) is 29.6. The first-order valence-corrected chi connectivity index (χ1v) is 13.9. The summed E-state index contributed by atoms with van der Waals surface area (Å²) in [7, 11) is 0. The molecule has 1 unspecified atom stereocenters. The van der Waals surface area contributed by atoms with Gasteiger partial charge in [-0.25, -0.2) is 5.43 Å². The minimum absolute atomic E-state index is 0.0122. The molecule has 4 aromatic rings. The van der Waals surface area contributed by atoms with E-state index in [9.17, 15) is 9.90 Å². The number of rotatable bonds is 10. The second kappa shape index (κ2) is 16.2. The van der Waals surface area contributed by atoms with Crippen molar-refractivity contribution in [2.24, 2.45) is 11.7 Å². The van der Waals surface area contributed by atoms with E-state index >= 15 is 0 Å². The lowest BCUT2D eigenvalue weighted by molar-refractivity contribution is -0.135. The van der Waals surface area contributed by atoms with Crippen LogP contribution in [0.2, 0.25) is 0 Å². The van der Waals surface area contributed by atoms with Crippen molar-refractivity contribution in [3.8, 4) is 11.5 Å². The smallest absolute Gasteiger partial charge is 0.241 e. The Labute approximate surface area is 243 Å². The van der Waals surface area contributed by atoms with Gasteiger partial charge in [0.05, 0.1) is 22.8 Å². The Morgan fingerprint density at radius 3 is 2.68 bits per heavy atom. The molecule has 5 rings (SSSR count). The Morgan fingerprint density at radius 1 is 1.20 bits per heavy atom. The maximum Gasteiger partial charge on any atom is 0.241 e. The Bertz CT molecular complexity index is 1400. The van der Waals surface area contributed by atoms with Gasteiger partial charge in [-0.1, -0.05) is 43.3 Å². The maximum atomic E-state index is 13.4. The van der Waals surface area contributed by atoms with Crippen molar-refractivity contribution in [1.82, 2.24) is 20.4 Å². The number of benzene rings is 2. The van der Waals surface area contributed by atoms with Crippen LogP contribution in [0.3, 0.4) is 0 Å². The van der Waals surface area contributed by atoms with Crippen molar-refractivity contribution >= 4 is 41.8 Å². The van der Waals surface area contributed by atoms with Crippen molar-refractivity contribution in [2.45, 2.75) is 42.5 Å². The summed E-state index contributed by atoms with van der Waals surface area (Å²) < 4.78 is 6.10. The summed E-state index contributed by atoms with van der Waals surface area (Å²) in [4.78, 5) is 39.7. The number of nitrogens with one attached hydrogen (secondary N) is 2. The number of para-hydroxylation sites is 1. The minimum atomic E-state index is -0.0499. The van der Waals surface area contributed by atoms with Crippen LogP contribution in [0.5, 0.6) is 11.5 Å². The lowest BCUT2D eigenvalue weighted by Gasteiger charge is -2.27. The molecule has 41 heavy (non-hydrogen) atoms. The van der Waals surface area contributed by atoms with Gasteiger partial charge in [-0.05, 0) is 48.4 Å². The first kappa shape index (κ1) is 31.3. The van der Waals surface area contributed by atoms with Gasteiger partial charge in [0.25, 0.3) is 0 Å². The lowest BCUT2D eigenvalue weighted by atomic mass is 10.0. The molecular weight excluding hydrogens is 542 g/mol. The number of amides is 2. The van der Waals surface area contributed by atoms with Crippen LogP contribution in [0.25, 0.3) is 10.9 Å². The summed E-state index contributed by atoms with van der Waals surface area (Å²) in [5.41, 5.74) is 10.3. The van der Waals surface area contributed by atoms with E-state index in [2.05, 4.69) is 28.1 Å². The van der Waals surface area contributed by atoms with E-state index in [1.165, 1.54) is 0 Å². The number of aromatic nitrogens is 2. The van der Waals surface area contributed by atoms with E-state index in [0.29, 0.717) is 13.1 Å². The number of hydrogen-bond donors (Lipinski definition) is 4. The van der Waals surface area contributed by atoms with Crippen LogP contribution in [0.4, 0.5) is 0 Å². The van der Waals surface area contributed by atoms with Crippen LogP contribution in [-0.2, 0) is 27.3 Å². The van der Waals surface area contributed by atoms with Gasteiger partial charge in [0.2, 0.25) is 12.3 Å². The highest BCUT2D eigenvalue weighted by Crippen LogP contribution is 2.46. The molecule has 0 spiro atoms. The van der Waals surface area contributed by atoms with Crippen LogP contribution in [0, 0.1) is 5.92 Å². The lowest BCUT2D eigenvalue weighted by Crippen LogP contribution is -2.46. The second-order valence-corrected chi connectivity index (χ2v) is 10.3. The average molecular weight is 578 g/mol. The predicted octanol–water partition coefficient (Wildman–Crippen LogP) is 4.22. The third-order valence-corrected chi connectivity index (χ3v) is 7.40. The zero-order valence-electron chi connectivity index (χ0n) is 22.9. The molecule has 0 saturated carbocycles. The highest BCUT2D eigenvalue weighted by molar-refractivity contribution is 7.99.